The van der Waals surface area contributed by atoms with E-state index in [4.69, 9.17) is 23.2 Å². The third-order valence-corrected chi connectivity index (χ3v) is 0.955. The molecular formula is C3H2Cl2N2O. The summed E-state index contributed by atoms with van der Waals surface area (Å²) in [6, 6.07) is 0. The maximum Gasteiger partial charge on any atom is 0.320 e. The minimum atomic E-state index is 0.0284. The summed E-state index contributed by atoms with van der Waals surface area (Å²) in [5.74, 6) is 0.646. The summed E-state index contributed by atoms with van der Waals surface area (Å²) in [7, 11) is 0. The van der Waals surface area contributed by atoms with Gasteiger partial charge in [-0.25, -0.2) is 0 Å². The van der Waals surface area contributed by atoms with Crippen LogP contribution in [-0.4, -0.2) is 10.1 Å². The molecule has 0 aliphatic carbocycles. The average Bonchev–Trinajstić information content (AvgIpc) is 2.14. The second-order valence-electron chi connectivity index (χ2n) is 1.10. The fourth-order valence-electron chi connectivity index (χ4n) is 0.287. The molecule has 0 saturated heterocycles. The largest absolute Gasteiger partial charge is 0.321 e. The zero-order valence-corrected chi connectivity index (χ0v) is 5.28. The molecule has 0 atom stereocenters. The maximum atomic E-state index is 5.30. The fourth-order valence-corrected chi connectivity index (χ4v) is 0.528. The number of hydrogen-bond donors (Lipinski definition) is 0. The van der Waals surface area contributed by atoms with Crippen molar-refractivity contribution >= 4 is 23.2 Å². The van der Waals surface area contributed by atoms with Crippen LogP contribution in [-0.2, 0) is 5.88 Å². The van der Waals surface area contributed by atoms with Crippen LogP contribution in [0.5, 0.6) is 0 Å². The Hall–Kier alpha value is -0.280. The Morgan fingerprint density at radius 1 is 1.62 bits per heavy atom. The second-order valence-corrected chi connectivity index (χ2v) is 1.69. The number of rotatable bonds is 1. The van der Waals surface area contributed by atoms with Crippen LogP contribution in [0.3, 0.4) is 0 Å². The predicted octanol–water partition coefficient (Wildman–Crippen LogP) is 1.46. The van der Waals surface area contributed by atoms with Gasteiger partial charge in [-0.1, -0.05) is 5.16 Å². The van der Waals surface area contributed by atoms with Gasteiger partial charge < -0.3 is 4.52 Å². The lowest BCUT2D eigenvalue weighted by atomic mass is 10.7. The van der Waals surface area contributed by atoms with Crippen molar-refractivity contribution < 1.29 is 4.52 Å². The molecule has 1 aromatic heterocycles. The van der Waals surface area contributed by atoms with Gasteiger partial charge in [0.05, 0.1) is 5.88 Å². The Morgan fingerprint density at radius 3 is 2.62 bits per heavy atom. The highest BCUT2D eigenvalue weighted by molar-refractivity contribution is 6.27. The highest BCUT2D eigenvalue weighted by atomic mass is 35.5. The number of alkyl halides is 1. The molecule has 0 aromatic carbocycles. The van der Waals surface area contributed by atoms with Crippen molar-refractivity contribution in [2.24, 2.45) is 0 Å². The molecule has 0 radical (unpaired) electrons. The first-order chi connectivity index (χ1) is 3.83. The molecule has 1 rings (SSSR count). The van der Waals surface area contributed by atoms with Gasteiger partial charge in [0.15, 0.2) is 5.82 Å². The zero-order chi connectivity index (χ0) is 5.98. The highest BCUT2D eigenvalue weighted by Gasteiger charge is 1.98. The summed E-state index contributed by atoms with van der Waals surface area (Å²) < 4.78 is 4.38. The van der Waals surface area contributed by atoms with Crippen molar-refractivity contribution in [1.29, 1.82) is 0 Å². The molecule has 0 amide bonds. The van der Waals surface area contributed by atoms with E-state index in [9.17, 15) is 0 Å². The van der Waals surface area contributed by atoms with Gasteiger partial charge in [-0.15, -0.1) is 11.6 Å². The Bertz CT molecular complexity index is 176. The van der Waals surface area contributed by atoms with Gasteiger partial charge in [0.1, 0.15) is 0 Å². The van der Waals surface area contributed by atoms with Crippen LogP contribution >= 0.6 is 23.2 Å². The molecule has 8 heavy (non-hydrogen) atoms. The first-order valence-electron chi connectivity index (χ1n) is 1.87. The lowest BCUT2D eigenvalue weighted by molar-refractivity contribution is 0.414. The Kier molecular flexibility index (Phi) is 1.70. The normalized spacial score (nSPS) is 9.75. The molecule has 5 heteroatoms. The van der Waals surface area contributed by atoms with Crippen molar-refractivity contribution in [1.82, 2.24) is 10.1 Å². The van der Waals surface area contributed by atoms with Crippen molar-refractivity contribution in [3.63, 3.8) is 0 Å². The minimum absolute atomic E-state index is 0.0284. The third-order valence-electron chi connectivity index (χ3n) is 0.563. The summed E-state index contributed by atoms with van der Waals surface area (Å²) >= 11 is 10.5. The zero-order valence-electron chi connectivity index (χ0n) is 3.77. The molecule has 44 valence electrons. The number of halogens is 2. The van der Waals surface area contributed by atoms with E-state index in [2.05, 4.69) is 14.7 Å². The molecule has 0 aliphatic rings. The van der Waals surface area contributed by atoms with Crippen LogP contribution in [0.25, 0.3) is 0 Å². The standard InChI is InChI=1S/C3H2Cl2N2O/c4-1-2-6-3(5)8-7-2/h1H2. The molecule has 0 spiro atoms. The Labute approximate surface area is 55.6 Å². The summed E-state index contributed by atoms with van der Waals surface area (Å²) in [5.41, 5.74) is 0. The second kappa shape index (κ2) is 2.33. The van der Waals surface area contributed by atoms with Gasteiger partial charge >= 0.3 is 5.35 Å². The third kappa shape index (κ3) is 1.11. The molecule has 0 saturated carbocycles. The Balaban J connectivity index is 2.84. The maximum absolute atomic E-state index is 5.30. The van der Waals surface area contributed by atoms with Crippen LogP contribution in [0.15, 0.2) is 4.52 Å². The Morgan fingerprint density at radius 2 is 2.38 bits per heavy atom. The van der Waals surface area contributed by atoms with Crippen LogP contribution in [0, 0.1) is 0 Å². The van der Waals surface area contributed by atoms with Gasteiger partial charge in [-0.05, 0) is 11.6 Å². The highest BCUT2D eigenvalue weighted by Crippen LogP contribution is 2.04. The molecule has 1 heterocycles. The molecule has 0 N–H and O–H groups in total. The lowest BCUT2D eigenvalue weighted by Crippen LogP contribution is -1.76. The first-order valence-corrected chi connectivity index (χ1v) is 2.78. The van der Waals surface area contributed by atoms with Crippen molar-refractivity contribution in [3.8, 4) is 0 Å². The summed E-state index contributed by atoms with van der Waals surface area (Å²) in [4.78, 5) is 3.58. The van der Waals surface area contributed by atoms with E-state index in [-0.39, 0.29) is 11.2 Å². The average molecular weight is 153 g/mol. The van der Waals surface area contributed by atoms with Crippen LogP contribution < -0.4 is 0 Å². The van der Waals surface area contributed by atoms with Crippen LogP contribution in [0.1, 0.15) is 5.82 Å². The smallest absolute Gasteiger partial charge is 0.320 e. The van der Waals surface area contributed by atoms with Gasteiger partial charge in [-0.3, -0.25) is 0 Å². The minimum Gasteiger partial charge on any atom is -0.321 e. The lowest BCUT2D eigenvalue weighted by Gasteiger charge is -1.71. The monoisotopic (exact) mass is 152 g/mol. The van der Waals surface area contributed by atoms with Crippen LogP contribution in [0.2, 0.25) is 5.35 Å². The van der Waals surface area contributed by atoms with E-state index in [1.165, 1.54) is 0 Å². The van der Waals surface area contributed by atoms with Crippen molar-refractivity contribution in [2.75, 3.05) is 0 Å². The summed E-state index contributed by atoms with van der Waals surface area (Å²) in [6.45, 7) is 0. The summed E-state index contributed by atoms with van der Waals surface area (Å²) in [6.07, 6.45) is 0. The van der Waals surface area contributed by atoms with E-state index in [0.29, 0.717) is 5.82 Å². The number of nitrogens with zero attached hydrogens (tertiary/aromatic N) is 2. The predicted molar refractivity (Wildman–Crippen MR) is 28.9 cm³/mol. The van der Waals surface area contributed by atoms with E-state index in [1.54, 1.807) is 0 Å². The molecule has 1 aromatic rings. The van der Waals surface area contributed by atoms with Crippen molar-refractivity contribution in [3.05, 3.63) is 11.2 Å². The topological polar surface area (TPSA) is 38.9 Å². The molecular weight excluding hydrogens is 151 g/mol. The van der Waals surface area contributed by atoms with Gasteiger partial charge in [0, 0.05) is 0 Å². The van der Waals surface area contributed by atoms with Crippen molar-refractivity contribution in [2.45, 2.75) is 5.88 Å². The van der Waals surface area contributed by atoms with E-state index < -0.39 is 0 Å². The SMILES string of the molecule is ClCc1noc(Cl)n1. The van der Waals surface area contributed by atoms with E-state index in [0.717, 1.165) is 0 Å². The molecule has 0 unspecified atom stereocenters. The molecule has 0 bridgehead atoms. The molecule has 0 fully saturated rings. The van der Waals surface area contributed by atoms with Gasteiger partial charge in [0.25, 0.3) is 0 Å². The van der Waals surface area contributed by atoms with Crippen LogP contribution in [0.4, 0.5) is 0 Å². The summed E-state index contributed by atoms with van der Waals surface area (Å²) in [5, 5.41) is 3.41. The van der Waals surface area contributed by atoms with Gasteiger partial charge in [0.2, 0.25) is 0 Å². The molecule has 3 nitrogen and oxygen atoms in total. The van der Waals surface area contributed by atoms with E-state index >= 15 is 0 Å². The quantitative estimate of drug-likeness (QED) is 0.573. The fraction of sp³-hybridized carbons (Fsp3) is 0.333. The number of aromatic nitrogens is 2. The number of hydrogen-bond acceptors (Lipinski definition) is 3. The van der Waals surface area contributed by atoms with E-state index in [1.807, 2.05) is 0 Å². The first kappa shape index (κ1) is 5.85. The van der Waals surface area contributed by atoms with Gasteiger partial charge in [-0.2, -0.15) is 4.98 Å². The molecule has 0 aliphatic heterocycles.